The number of aromatic hydroxyl groups is 1. The summed E-state index contributed by atoms with van der Waals surface area (Å²) < 4.78 is 5.23. The predicted molar refractivity (Wildman–Crippen MR) is 78.5 cm³/mol. The van der Waals surface area contributed by atoms with Crippen LogP contribution in [0.5, 0.6) is 5.75 Å². The third-order valence-corrected chi connectivity index (χ3v) is 3.16. The van der Waals surface area contributed by atoms with Gasteiger partial charge in [0.05, 0.1) is 6.04 Å². The third kappa shape index (κ3) is 3.09. The van der Waals surface area contributed by atoms with Crippen LogP contribution in [-0.4, -0.2) is 15.2 Å². The van der Waals surface area contributed by atoms with Crippen LogP contribution in [0.15, 0.2) is 59.1 Å². The summed E-state index contributed by atoms with van der Waals surface area (Å²) in [7, 11) is 0. The number of phenols is 1. The van der Waals surface area contributed by atoms with E-state index in [9.17, 15) is 5.11 Å². The van der Waals surface area contributed by atoms with Gasteiger partial charge >= 0.3 is 0 Å². The Balaban J connectivity index is 1.78. The van der Waals surface area contributed by atoms with E-state index in [0.717, 1.165) is 5.56 Å². The number of nitrogens with zero attached hydrogens (tertiary/aromatic N) is 2. The summed E-state index contributed by atoms with van der Waals surface area (Å²) in [5.41, 5.74) is 7.91. The molecular weight excluding hydrogens is 266 g/mol. The van der Waals surface area contributed by atoms with Gasteiger partial charge in [-0.3, -0.25) is 0 Å². The molecule has 1 unspecified atom stereocenters. The molecule has 0 spiro atoms. The minimum Gasteiger partial charge on any atom is -0.508 e. The lowest BCUT2D eigenvalue weighted by Gasteiger charge is -2.05. The van der Waals surface area contributed by atoms with Crippen molar-refractivity contribution in [3.63, 3.8) is 0 Å². The number of aromatic nitrogens is 2. The molecule has 106 valence electrons. The molecule has 3 rings (SSSR count). The fourth-order valence-electron chi connectivity index (χ4n) is 2.10. The Hall–Kier alpha value is -2.66. The number of benzene rings is 2. The molecule has 3 aromatic rings. The van der Waals surface area contributed by atoms with Gasteiger partial charge in [0, 0.05) is 5.56 Å². The molecule has 2 aromatic carbocycles. The minimum absolute atomic E-state index is 0.160. The van der Waals surface area contributed by atoms with E-state index in [1.165, 1.54) is 0 Å². The number of rotatable bonds is 4. The third-order valence-electron chi connectivity index (χ3n) is 3.16. The van der Waals surface area contributed by atoms with Crippen LogP contribution in [0.3, 0.4) is 0 Å². The van der Waals surface area contributed by atoms with Gasteiger partial charge in [0.1, 0.15) is 5.75 Å². The Kier molecular flexibility index (Phi) is 3.66. The second-order valence-corrected chi connectivity index (χ2v) is 4.80. The highest BCUT2D eigenvalue weighted by atomic mass is 16.5. The maximum Gasteiger partial charge on any atom is 0.244 e. The molecule has 0 amide bonds. The van der Waals surface area contributed by atoms with E-state index in [-0.39, 0.29) is 11.8 Å². The molecule has 3 N–H and O–H groups in total. The van der Waals surface area contributed by atoms with Crippen molar-refractivity contribution in [2.75, 3.05) is 0 Å². The average Bonchev–Trinajstić information content (AvgIpc) is 2.98. The lowest BCUT2D eigenvalue weighted by Crippen LogP contribution is -2.13. The minimum atomic E-state index is -0.356. The zero-order valence-corrected chi connectivity index (χ0v) is 11.3. The van der Waals surface area contributed by atoms with Crippen LogP contribution >= 0.6 is 0 Å². The Morgan fingerprint density at radius 3 is 2.67 bits per heavy atom. The fraction of sp³-hybridized carbons (Fsp3) is 0.125. The van der Waals surface area contributed by atoms with Gasteiger partial charge in [-0.2, -0.15) is 4.98 Å². The van der Waals surface area contributed by atoms with Crippen molar-refractivity contribution in [2.45, 2.75) is 12.5 Å². The van der Waals surface area contributed by atoms with E-state index in [0.29, 0.717) is 23.7 Å². The van der Waals surface area contributed by atoms with Gasteiger partial charge < -0.3 is 15.4 Å². The number of phenolic OH excluding ortho intramolecular Hbond substituents is 1. The lowest BCUT2D eigenvalue weighted by molar-refractivity contribution is 0.354. The summed E-state index contributed by atoms with van der Waals surface area (Å²) >= 11 is 0. The molecule has 1 atom stereocenters. The molecule has 1 aromatic heterocycles. The Morgan fingerprint density at radius 2 is 1.90 bits per heavy atom. The van der Waals surface area contributed by atoms with Crippen molar-refractivity contribution in [1.29, 1.82) is 0 Å². The lowest BCUT2D eigenvalue weighted by atomic mass is 10.1. The molecule has 0 aliphatic heterocycles. The molecule has 21 heavy (non-hydrogen) atoms. The van der Waals surface area contributed by atoms with Gasteiger partial charge in [-0.15, -0.1) is 0 Å². The highest BCUT2D eigenvalue weighted by Crippen LogP contribution is 2.22. The van der Waals surface area contributed by atoms with Crippen molar-refractivity contribution < 1.29 is 9.63 Å². The summed E-state index contributed by atoms with van der Waals surface area (Å²) in [5, 5.41) is 13.4. The second-order valence-electron chi connectivity index (χ2n) is 4.80. The molecule has 1 heterocycles. The average molecular weight is 281 g/mol. The first-order chi connectivity index (χ1) is 10.2. The van der Waals surface area contributed by atoms with Crippen LogP contribution in [0.4, 0.5) is 0 Å². The van der Waals surface area contributed by atoms with Crippen LogP contribution in [0, 0.1) is 0 Å². The number of hydrogen-bond acceptors (Lipinski definition) is 5. The van der Waals surface area contributed by atoms with Crippen LogP contribution in [0.25, 0.3) is 11.4 Å². The van der Waals surface area contributed by atoms with Gasteiger partial charge in [-0.05, 0) is 24.1 Å². The maximum absolute atomic E-state index is 9.47. The van der Waals surface area contributed by atoms with Crippen molar-refractivity contribution in [1.82, 2.24) is 10.1 Å². The summed E-state index contributed by atoms with van der Waals surface area (Å²) in [4.78, 5) is 4.30. The SMILES string of the molecule is NC(Cc1ccccc1)c1nc(-c2cccc(O)c2)no1. The Labute approximate surface area is 122 Å². The molecule has 0 saturated carbocycles. The smallest absolute Gasteiger partial charge is 0.244 e. The first-order valence-electron chi connectivity index (χ1n) is 6.65. The van der Waals surface area contributed by atoms with Crippen molar-refractivity contribution in [3.8, 4) is 17.1 Å². The summed E-state index contributed by atoms with van der Waals surface area (Å²) in [6.07, 6.45) is 0.627. The van der Waals surface area contributed by atoms with Gasteiger partial charge in [0.2, 0.25) is 11.7 Å². The largest absolute Gasteiger partial charge is 0.508 e. The summed E-state index contributed by atoms with van der Waals surface area (Å²) in [6.45, 7) is 0. The molecule has 5 nitrogen and oxygen atoms in total. The Bertz CT molecular complexity index is 725. The first-order valence-corrected chi connectivity index (χ1v) is 6.65. The van der Waals surface area contributed by atoms with E-state index in [2.05, 4.69) is 10.1 Å². The van der Waals surface area contributed by atoms with Crippen molar-refractivity contribution in [3.05, 3.63) is 66.1 Å². The van der Waals surface area contributed by atoms with E-state index in [1.54, 1.807) is 24.3 Å². The van der Waals surface area contributed by atoms with Crippen molar-refractivity contribution >= 4 is 0 Å². The van der Waals surface area contributed by atoms with E-state index < -0.39 is 0 Å². The van der Waals surface area contributed by atoms with Gasteiger partial charge in [0.15, 0.2) is 0 Å². The van der Waals surface area contributed by atoms with Crippen molar-refractivity contribution in [2.24, 2.45) is 5.73 Å². The predicted octanol–water partition coefficient (Wildman–Crippen LogP) is 2.68. The van der Waals surface area contributed by atoms with Crippen LogP contribution in [0.1, 0.15) is 17.5 Å². The van der Waals surface area contributed by atoms with Crippen LogP contribution in [-0.2, 0) is 6.42 Å². The fourth-order valence-corrected chi connectivity index (χ4v) is 2.10. The monoisotopic (exact) mass is 281 g/mol. The number of nitrogens with two attached hydrogens (primary N) is 1. The quantitative estimate of drug-likeness (QED) is 0.768. The standard InChI is InChI=1S/C16H15N3O2/c17-14(9-11-5-2-1-3-6-11)16-18-15(19-21-16)12-7-4-8-13(20)10-12/h1-8,10,14,20H,9,17H2. The molecule has 0 saturated heterocycles. The maximum atomic E-state index is 9.47. The van der Waals surface area contributed by atoms with Gasteiger partial charge in [-0.25, -0.2) is 0 Å². The molecule has 0 radical (unpaired) electrons. The highest BCUT2D eigenvalue weighted by molar-refractivity contribution is 5.56. The zero-order valence-electron chi connectivity index (χ0n) is 11.3. The molecule has 0 aliphatic carbocycles. The highest BCUT2D eigenvalue weighted by Gasteiger charge is 2.16. The second kappa shape index (κ2) is 5.76. The molecular formula is C16H15N3O2. The summed E-state index contributed by atoms with van der Waals surface area (Å²) in [5.74, 6) is 0.967. The number of hydrogen-bond donors (Lipinski definition) is 2. The zero-order chi connectivity index (χ0) is 14.7. The van der Waals surface area contributed by atoms with Crippen LogP contribution < -0.4 is 5.73 Å². The Morgan fingerprint density at radius 1 is 1.10 bits per heavy atom. The molecule has 5 heteroatoms. The van der Waals surface area contributed by atoms with Gasteiger partial charge in [-0.1, -0.05) is 47.6 Å². The van der Waals surface area contributed by atoms with E-state index >= 15 is 0 Å². The molecule has 0 aliphatic rings. The van der Waals surface area contributed by atoms with E-state index in [4.69, 9.17) is 10.3 Å². The normalized spacial score (nSPS) is 12.2. The van der Waals surface area contributed by atoms with Gasteiger partial charge in [0.25, 0.3) is 0 Å². The van der Waals surface area contributed by atoms with Crippen LogP contribution in [0.2, 0.25) is 0 Å². The molecule has 0 bridgehead atoms. The first kappa shape index (κ1) is 13.3. The molecule has 0 fully saturated rings. The topological polar surface area (TPSA) is 85.2 Å². The van der Waals surface area contributed by atoms with E-state index in [1.807, 2.05) is 30.3 Å². The summed E-state index contributed by atoms with van der Waals surface area (Å²) in [6, 6.07) is 16.2.